The van der Waals surface area contributed by atoms with Crippen molar-refractivity contribution < 1.29 is 8.42 Å². The van der Waals surface area contributed by atoms with Crippen molar-refractivity contribution in [2.24, 2.45) is 0 Å². The number of fused-ring (bicyclic) bond motifs is 1. The summed E-state index contributed by atoms with van der Waals surface area (Å²) >= 11 is 0. The van der Waals surface area contributed by atoms with Crippen molar-refractivity contribution in [3.8, 4) is 11.1 Å². The van der Waals surface area contributed by atoms with Crippen molar-refractivity contribution in [1.82, 2.24) is 15.0 Å². The molecule has 0 atom stereocenters. The first-order chi connectivity index (χ1) is 13.4. The minimum Gasteiger partial charge on any atom is -0.399 e. The molecule has 0 aliphatic rings. The molecule has 7 nitrogen and oxygen atoms in total. The van der Waals surface area contributed by atoms with Gasteiger partial charge in [0, 0.05) is 41.8 Å². The van der Waals surface area contributed by atoms with Gasteiger partial charge in [0.1, 0.15) is 0 Å². The average molecular weight is 391 g/mol. The maximum Gasteiger partial charge on any atom is 0.177 e. The number of rotatable bonds is 4. The van der Waals surface area contributed by atoms with Gasteiger partial charge in [-0.25, -0.2) is 8.42 Å². The van der Waals surface area contributed by atoms with E-state index in [-0.39, 0.29) is 4.90 Å². The molecule has 28 heavy (non-hydrogen) atoms. The Hall–Kier alpha value is -3.52. The van der Waals surface area contributed by atoms with E-state index in [0.717, 1.165) is 22.9 Å². The number of hydrogen-bond acceptors (Lipinski definition) is 7. The van der Waals surface area contributed by atoms with Gasteiger partial charge in [-0.2, -0.15) is 0 Å². The zero-order valence-electron chi connectivity index (χ0n) is 15.0. The van der Waals surface area contributed by atoms with Crippen molar-refractivity contribution >= 4 is 37.9 Å². The van der Waals surface area contributed by atoms with Crippen molar-refractivity contribution in [2.45, 2.75) is 4.90 Å². The molecule has 0 bridgehead atoms. The third kappa shape index (κ3) is 3.49. The van der Waals surface area contributed by atoms with Crippen molar-refractivity contribution in [2.75, 3.05) is 17.3 Å². The smallest absolute Gasteiger partial charge is 0.177 e. The maximum atomic E-state index is 12.1. The van der Waals surface area contributed by atoms with Crippen LogP contribution in [0.15, 0.2) is 72.1 Å². The number of hydrogen-bond donors (Lipinski definition) is 2. The first-order valence-electron chi connectivity index (χ1n) is 8.43. The Labute approximate surface area is 162 Å². The van der Waals surface area contributed by atoms with Gasteiger partial charge in [0.15, 0.2) is 9.84 Å². The van der Waals surface area contributed by atoms with Crippen LogP contribution in [0.25, 0.3) is 22.2 Å². The number of pyridine rings is 1. The molecule has 2 heterocycles. The predicted octanol–water partition coefficient (Wildman–Crippen LogP) is 3.42. The summed E-state index contributed by atoms with van der Waals surface area (Å²) in [6, 6.07) is 12.7. The van der Waals surface area contributed by atoms with Crippen molar-refractivity contribution in [3.05, 3.63) is 67.3 Å². The van der Waals surface area contributed by atoms with Gasteiger partial charge < -0.3 is 11.1 Å². The summed E-state index contributed by atoms with van der Waals surface area (Å²) in [7, 11) is -3.41. The summed E-state index contributed by atoms with van der Waals surface area (Å²) in [5.74, 6) is 0. The topological polar surface area (TPSA) is 111 Å². The van der Waals surface area contributed by atoms with Crippen LogP contribution in [0, 0.1) is 0 Å². The van der Waals surface area contributed by atoms with Gasteiger partial charge in [-0.15, -0.1) is 0 Å². The Morgan fingerprint density at radius 3 is 2.61 bits per heavy atom. The largest absolute Gasteiger partial charge is 0.399 e. The van der Waals surface area contributed by atoms with E-state index >= 15 is 0 Å². The monoisotopic (exact) mass is 391 g/mol. The second kappa shape index (κ2) is 6.90. The summed E-state index contributed by atoms with van der Waals surface area (Å²) in [5.41, 5.74) is 10.8. The number of nitrogens with one attached hydrogen (secondary N) is 1. The zero-order chi connectivity index (χ0) is 19.7. The normalized spacial score (nSPS) is 11.5. The van der Waals surface area contributed by atoms with Gasteiger partial charge in [0.05, 0.1) is 27.8 Å². The number of sulfone groups is 1. The molecule has 3 N–H and O–H groups in total. The van der Waals surface area contributed by atoms with Gasteiger partial charge in [-0.1, -0.05) is 12.1 Å². The Balaban J connectivity index is 1.89. The first kappa shape index (κ1) is 17.9. The van der Waals surface area contributed by atoms with Crippen LogP contribution in [0.3, 0.4) is 0 Å². The highest BCUT2D eigenvalue weighted by molar-refractivity contribution is 7.90. The third-order valence-electron chi connectivity index (χ3n) is 4.23. The summed E-state index contributed by atoms with van der Waals surface area (Å²) in [6.07, 6.45) is 7.34. The Kier molecular flexibility index (Phi) is 4.40. The number of nitrogens with two attached hydrogens (primary N) is 1. The molecule has 0 fully saturated rings. The molecule has 140 valence electrons. The quantitative estimate of drug-likeness (QED) is 0.513. The van der Waals surface area contributed by atoms with E-state index in [1.165, 1.54) is 18.5 Å². The van der Waals surface area contributed by atoms with Crippen LogP contribution in [0.5, 0.6) is 0 Å². The molecule has 0 radical (unpaired) electrons. The molecule has 0 spiro atoms. The van der Waals surface area contributed by atoms with Gasteiger partial charge in [0.25, 0.3) is 0 Å². The molecule has 0 amide bonds. The zero-order valence-corrected chi connectivity index (χ0v) is 15.8. The third-order valence-corrected chi connectivity index (χ3v) is 5.39. The highest BCUT2D eigenvalue weighted by Gasteiger charge is 2.15. The molecule has 0 saturated carbocycles. The van der Waals surface area contributed by atoms with E-state index in [9.17, 15) is 8.42 Å². The number of nitrogen functional groups attached to an aromatic ring is 1. The summed E-state index contributed by atoms with van der Waals surface area (Å²) in [5, 5.41) is 3.16. The van der Waals surface area contributed by atoms with Gasteiger partial charge >= 0.3 is 0 Å². The van der Waals surface area contributed by atoms with Crippen LogP contribution in [0.1, 0.15) is 0 Å². The lowest BCUT2D eigenvalue weighted by Crippen LogP contribution is -2.03. The molecule has 8 heteroatoms. The van der Waals surface area contributed by atoms with Gasteiger partial charge in [-0.05, 0) is 35.9 Å². The summed E-state index contributed by atoms with van der Waals surface area (Å²) in [4.78, 5) is 13.1. The predicted molar refractivity (Wildman–Crippen MR) is 110 cm³/mol. The van der Waals surface area contributed by atoms with E-state index < -0.39 is 9.84 Å². The summed E-state index contributed by atoms with van der Waals surface area (Å²) < 4.78 is 24.2. The van der Waals surface area contributed by atoms with Gasteiger partial charge in [0.2, 0.25) is 0 Å². The van der Waals surface area contributed by atoms with Crippen LogP contribution in [0.2, 0.25) is 0 Å². The van der Waals surface area contributed by atoms with E-state index in [1.54, 1.807) is 12.4 Å². The Morgan fingerprint density at radius 1 is 1.00 bits per heavy atom. The fraction of sp³-hybridized carbons (Fsp3) is 0.0500. The molecule has 0 aliphatic carbocycles. The van der Waals surface area contributed by atoms with Crippen molar-refractivity contribution in [1.29, 1.82) is 0 Å². The second-order valence-corrected chi connectivity index (χ2v) is 8.33. The molecule has 4 aromatic rings. The SMILES string of the molecule is CS(=O)(=O)c1ccncc1Nc1cc(-c2cccc(N)c2)c2nccnc2c1. The highest BCUT2D eigenvalue weighted by atomic mass is 32.2. The first-order valence-corrected chi connectivity index (χ1v) is 10.3. The molecule has 0 saturated heterocycles. The lowest BCUT2D eigenvalue weighted by atomic mass is 10.0. The van der Waals surface area contributed by atoms with E-state index in [2.05, 4.69) is 20.3 Å². The lowest BCUT2D eigenvalue weighted by molar-refractivity contribution is 0.602. The molecule has 4 rings (SSSR count). The van der Waals surface area contributed by atoms with Crippen LogP contribution >= 0.6 is 0 Å². The minimum atomic E-state index is -3.41. The molecular weight excluding hydrogens is 374 g/mol. The number of anilines is 3. The molecule has 0 unspecified atom stereocenters. The van der Waals surface area contributed by atoms with Crippen LogP contribution in [0.4, 0.5) is 17.1 Å². The number of benzene rings is 2. The van der Waals surface area contributed by atoms with Crippen LogP contribution < -0.4 is 11.1 Å². The minimum absolute atomic E-state index is 0.173. The standard InChI is InChI=1S/C20H17N5O2S/c1-28(26,27)19-5-6-22-12-18(19)25-15-10-16(13-3-2-4-14(21)9-13)20-17(11-15)23-7-8-24-20/h2-12,25H,21H2,1H3. The number of aromatic nitrogens is 3. The highest BCUT2D eigenvalue weighted by Crippen LogP contribution is 2.33. The number of nitrogens with zero attached hydrogens (tertiary/aromatic N) is 3. The fourth-order valence-electron chi connectivity index (χ4n) is 3.03. The maximum absolute atomic E-state index is 12.1. The fourth-order valence-corrected chi connectivity index (χ4v) is 3.84. The average Bonchev–Trinajstić information content (AvgIpc) is 2.67. The van der Waals surface area contributed by atoms with E-state index in [4.69, 9.17) is 5.73 Å². The van der Waals surface area contributed by atoms with Crippen molar-refractivity contribution in [3.63, 3.8) is 0 Å². The molecule has 2 aromatic carbocycles. The molecule has 2 aromatic heterocycles. The van der Waals surface area contributed by atoms with Crippen LogP contribution in [-0.4, -0.2) is 29.6 Å². The Morgan fingerprint density at radius 2 is 1.82 bits per heavy atom. The lowest BCUT2D eigenvalue weighted by Gasteiger charge is -2.13. The molecule has 0 aliphatic heterocycles. The Bertz CT molecular complexity index is 1290. The summed E-state index contributed by atoms with van der Waals surface area (Å²) in [6.45, 7) is 0. The van der Waals surface area contributed by atoms with Crippen LogP contribution in [-0.2, 0) is 9.84 Å². The molecular formula is C20H17N5O2S. The second-order valence-electron chi connectivity index (χ2n) is 6.34. The van der Waals surface area contributed by atoms with Gasteiger partial charge in [-0.3, -0.25) is 15.0 Å². The van der Waals surface area contributed by atoms with E-state index in [0.29, 0.717) is 22.6 Å². The van der Waals surface area contributed by atoms with E-state index in [1.807, 2.05) is 36.4 Å².